The summed E-state index contributed by atoms with van der Waals surface area (Å²) in [6.07, 6.45) is 0. The van der Waals surface area contributed by atoms with Gasteiger partial charge in [-0.05, 0) is 13.8 Å². The molecule has 0 heterocycles. The number of aromatic hydroxyl groups is 1. The second-order valence-electron chi connectivity index (χ2n) is 4.81. The van der Waals surface area contributed by atoms with Crippen LogP contribution < -0.4 is 5.73 Å². The molecule has 0 saturated heterocycles. The van der Waals surface area contributed by atoms with Crippen molar-refractivity contribution in [3.8, 4) is 5.75 Å². The number of hydrogen-bond donors (Lipinski definition) is 2. The number of methoxy groups -OCH3 is 1. The van der Waals surface area contributed by atoms with Gasteiger partial charge in [-0.2, -0.15) is 0 Å². The lowest BCUT2D eigenvalue weighted by Crippen LogP contribution is -2.37. The van der Waals surface area contributed by atoms with Crippen LogP contribution in [0.3, 0.4) is 0 Å². The number of carbonyl (C=O) groups excluding carboxylic acids is 1. The van der Waals surface area contributed by atoms with E-state index in [1.54, 1.807) is 0 Å². The molecule has 0 bridgehead atoms. The minimum atomic E-state index is -1.30. The Bertz CT molecular complexity index is 565. The number of phenols is 1. The third kappa shape index (κ3) is 3.59. The fourth-order valence-electron chi connectivity index (χ4n) is 1.73. The first-order chi connectivity index (χ1) is 9.12. The molecule has 0 aliphatic rings. The summed E-state index contributed by atoms with van der Waals surface area (Å²) in [4.78, 5) is 21.5. The maximum absolute atomic E-state index is 13.5. The van der Waals surface area contributed by atoms with Crippen LogP contribution in [0.2, 0.25) is 0 Å². The van der Waals surface area contributed by atoms with Crippen molar-refractivity contribution in [2.75, 3.05) is 7.11 Å². The van der Waals surface area contributed by atoms with Crippen LogP contribution in [0.5, 0.6) is 5.75 Å². The van der Waals surface area contributed by atoms with E-state index in [1.165, 1.54) is 13.8 Å². The molecule has 0 radical (unpaired) electrons. The molecule has 9 heteroatoms. The molecular formula is C12H16ClFN2O5. The Hall–Kier alpha value is -1.93. The van der Waals surface area contributed by atoms with E-state index in [9.17, 15) is 24.4 Å². The summed E-state index contributed by atoms with van der Waals surface area (Å²) in [6, 6.07) is 0.342. The molecule has 1 aromatic carbocycles. The minimum Gasteiger partial charge on any atom is -0.505 e. The number of nitrogens with two attached hydrogens (primary N) is 1. The molecule has 3 N–H and O–H groups in total. The Kier molecular flexibility index (Phi) is 6.07. The summed E-state index contributed by atoms with van der Waals surface area (Å²) in [5, 5.41) is 20.4. The van der Waals surface area contributed by atoms with Crippen molar-refractivity contribution in [2.45, 2.75) is 19.9 Å². The molecule has 0 unspecified atom stereocenters. The van der Waals surface area contributed by atoms with Gasteiger partial charge in [-0.25, -0.2) is 4.39 Å². The van der Waals surface area contributed by atoms with E-state index < -0.39 is 39.6 Å². The molecule has 0 aliphatic heterocycles. The number of non-ortho nitro benzene ring substituents is 1. The maximum Gasteiger partial charge on any atom is 0.313 e. The van der Waals surface area contributed by atoms with Crippen LogP contribution in [-0.2, 0) is 9.53 Å². The highest BCUT2D eigenvalue weighted by atomic mass is 35.5. The van der Waals surface area contributed by atoms with Crippen molar-refractivity contribution in [1.29, 1.82) is 0 Å². The van der Waals surface area contributed by atoms with Crippen LogP contribution in [0.15, 0.2) is 12.1 Å². The number of nitrogens with zero attached hydrogens (tertiary/aromatic N) is 1. The topological polar surface area (TPSA) is 116 Å². The molecule has 0 fully saturated rings. The predicted molar refractivity (Wildman–Crippen MR) is 74.7 cm³/mol. The average molecular weight is 323 g/mol. The van der Waals surface area contributed by atoms with E-state index in [0.717, 1.165) is 13.2 Å². The number of hydrogen-bond acceptors (Lipinski definition) is 6. The van der Waals surface area contributed by atoms with Crippen LogP contribution in [-0.4, -0.2) is 23.1 Å². The third-order valence-corrected chi connectivity index (χ3v) is 3.11. The number of nitro groups is 1. The van der Waals surface area contributed by atoms with Crippen LogP contribution in [0.25, 0.3) is 0 Å². The number of phenolic OH excluding ortho intramolecular Hbond substituents is 1. The lowest BCUT2D eigenvalue weighted by molar-refractivity contribution is -0.385. The van der Waals surface area contributed by atoms with Gasteiger partial charge in [0.25, 0.3) is 5.69 Å². The molecular weight excluding hydrogens is 307 g/mol. The largest absolute Gasteiger partial charge is 0.505 e. The quantitative estimate of drug-likeness (QED) is 0.498. The van der Waals surface area contributed by atoms with Gasteiger partial charge in [-0.3, -0.25) is 14.9 Å². The summed E-state index contributed by atoms with van der Waals surface area (Å²) in [5.74, 6) is -2.68. The first kappa shape index (κ1) is 19.1. The molecule has 21 heavy (non-hydrogen) atoms. The van der Waals surface area contributed by atoms with Crippen LogP contribution in [0.4, 0.5) is 10.1 Å². The van der Waals surface area contributed by atoms with Crippen molar-refractivity contribution in [3.63, 3.8) is 0 Å². The van der Waals surface area contributed by atoms with Crippen LogP contribution in [0, 0.1) is 21.3 Å². The van der Waals surface area contributed by atoms with Crippen molar-refractivity contribution in [2.24, 2.45) is 11.1 Å². The monoisotopic (exact) mass is 322 g/mol. The molecule has 0 amide bonds. The summed E-state index contributed by atoms with van der Waals surface area (Å²) in [6.45, 7) is 2.86. The van der Waals surface area contributed by atoms with Gasteiger partial charge in [0.05, 0.1) is 23.5 Å². The van der Waals surface area contributed by atoms with E-state index >= 15 is 0 Å². The standard InChI is InChI=1S/C12H15FN2O5.ClH/c1-12(2,11(17)20-3)10(14)7-4-6(15(18)19)5-8(13)9(7)16;/h4-5,10,16H,14H2,1-3H3;1H/t10-;/m1./s1. The number of ether oxygens (including phenoxy) is 1. The molecule has 118 valence electrons. The van der Waals surface area contributed by atoms with E-state index in [2.05, 4.69) is 4.74 Å². The van der Waals surface area contributed by atoms with E-state index in [4.69, 9.17) is 5.73 Å². The fourth-order valence-corrected chi connectivity index (χ4v) is 1.73. The lowest BCUT2D eigenvalue weighted by atomic mass is 9.80. The van der Waals surface area contributed by atoms with Gasteiger partial charge in [0.2, 0.25) is 0 Å². The maximum atomic E-state index is 13.5. The molecule has 0 aliphatic carbocycles. The molecule has 1 rings (SSSR count). The molecule has 1 atom stereocenters. The normalized spacial score (nSPS) is 12.2. The summed E-state index contributed by atoms with van der Waals surface area (Å²) in [7, 11) is 1.16. The highest BCUT2D eigenvalue weighted by molar-refractivity contribution is 5.85. The Morgan fingerprint density at radius 1 is 1.52 bits per heavy atom. The van der Waals surface area contributed by atoms with Crippen molar-refractivity contribution in [1.82, 2.24) is 0 Å². The first-order valence-corrected chi connectivity index (χ1v) is 5.63. The number of nitro benzene ring substituents is 1. The van der Waals surface area contributed by atoms with Gasteiger partial charge < -0.3 is 15.6 Å². The Morgan fingerprint density at radius 3 is 2.48 bits per heavy atom. The van der Waals surface area contributed by atoms with Gasteiger partial charge in [0.15, 0.2) is 11.6 Å². The van der Waals surface area contributed by atoms with Crippen molar-refractivity contribution >= 4 is 24.1 Å². The first-order valence-electron chi connectivity index (χ1n) is 5.63. The van der Waals surface area contributed by atoms with Gasteiger partial charge >= 0.3 is 5.97 Å². The molecule has 1 aromatic rings. The number of halogens is 2. The highest BCUT2D eigenvalue weighted by Gasteiger charge is 2.39. The van der Waals surface area contributed by atoms with E-state index in [1.807, 2.05) is 0 Å². The van der Waals surface area contributed by atoms with E-state index in [-0.39, 0.29) is 18.0 Å². The summed E-state index contributed by atoms with van der Waals surface area (Å²) >= 11 is 0. The number of carbonyl (C=O) groups is 1. The molecule has 0 aromatic heterocycles. The molecule has 7 nitrogen and oxygen atoms in total. The second kappa shape index (κ2) is 6.68. The SMILES string of the molecule is COC(=O)C(C)(C)[C@H](N)c1cc([N+](=O)[O-])cc(F)c1O.Cl. The lowest BCUT2D eigenvalue weighted by Gasteiger charge is -2.29. The zero-order valence-electron chi connectivity index (χ0n) is 11.6. The number of benzene rings is 1. The molecule has 0 saturated carbocycles. The second-order valence-corrected chi connectivity index (χ2v) is 4.81. The number of esters is 1. The third-order valence-electron chi connectivity index (χ3n) is 3.11. The minimum absolute atomic E-state index is 0. The van der Waals surface area contributed by atoms with Gasteiger partial charge in [0.1, 0.15) is 0 Å². The van der Waals surface area contributed by atoms with Crippen LogP contribution in [0.1, 0.15) is 25.5 Å². The fraction of sp³-hybridized carbons (Fsp3) is 0.417. The smallest absolute Gasteiger partial charge is 0.313 e. The predicted octanol–water partition coefficient (Wildman–Crippen LogP) is 2.06. The zero-order valence-corrected chi connectivity index (χ0v) is 12.4. The van der Waals surface area contributed by atoms with Gasteiger partial charge in [-0.1, -0.05) is 0 Å². The summed E-state index contributed by atoms with van der Waals surface area (Å²) < 4.78 is 18.1. The molecule has 0 spiro atoms. The highest BCUT2D eigenvalue weighted by Crippen LogP contribution is 2.39. The average Bonchev–Trinajstić information content (AvgIpc) is 2.39. The Balaban J connectivity index is 0.00000400. The number of rotatable bonds is 4. The Labute approximate surface area is 126 Å². The van der Waals surface area contributed by atoms with E-state index in [0.29, 0.717) is 6.07 Å². The zero-order chi connectivity index (χ0) is 15.7. The Morgan fingerprint density at radius 2 is 2.05 bits per heavy atom. The van der Waals surface area contributed by atoms with Crippen LogP contribution >= 0.6 is 12.4 Å². The summed E-state index contributed by atoms with van der Waals surface area (Å²) in [5.41, 5.74) is 3.75. The van der Waals surface area contributed by atoms with Crippen molar-refractivity contribution < 1.29 is 24.0 Å². The van der Waals surface area contributed by atoms with Gasteiger partial charge in [-0.15, -0.1) is 12.4 Å². The van der Waals surface area contributed by atoms with Gasteiger partial charge in [0, 0.05) is 17.7 Å². The van der Waals surface area contributed by atoms with Crippen molar-refractivity contribution in [3.05, 3.63) is 33.6 Å².